The Morgan fingerprint density at radius 3 is 2.85 bits per heavy atom. The molecule has 0 fully saturated rings. The standard InChI is InChI=1S/C29H30F2N6OS/c1-17-9-12-20-21(7-4-8-22(20)33-17)26-35-36-28(37(26)3)39-13-5-6-18-10-11-19-14-24-25(15-23(19)32-16-18)38-27(34-24)29(2,30)31/h4,7-9,12,14-15,18,32H,5-6,10-11,13,16H2,1-3H3. The van der Waals surface area contributed by atoms with Gasteiger partial charge < -0.3 is 14.3 Å². The fourth-order valence-corrected chi connectivity index (χ4v) is 6.07. The van der Waals surface area contributed by atoms with E-state index in [9.17, 15) is 8.78 Å². The summed E-state index contributed by atoms with van der Waals surface area (Å²) in [4.78, 5) is 8.66. The van der Waals surface area contributed by atoms with E-state index in [0.717, 1.165) is 89.3 Å². The Kier molecular flexibility index (Phi) is 6.74. The van der Waals surface area contributed by atoms with Crippen molar-refractivity contribution in [3.8, 4) is 11.4 Å². The number of halogens is 2. The minimum atomic E-state index is -3.09. The van der Waals surface area contributed by atoms with Gasteiger partial charge in [-0.15, -0.1) is 10.2 Å². The molecule has 1 N–H and O–H groups in total. The number of rotatable bonds is 7. The van der Waals surface area contributed by atoms with E-state index in [1.54, 1.807) is 11.8 Å². The molecule has 0 radical (unpaired) electrons. The van der Waals surface area contributed by atoms with Crippen LogP contribution in [-0.2, 0) is 19.4 Å². The topological polar surface area (TPSA) is 81.7 Å². The van der Waals surface area contributed by atoms with Gasteiger partial charge in [-0.3, -0.25) is 4.98 Å². The second kappa shape index (κ2) is 10.2. The molecule has 4 heterocycles. The van der Waals surface area contributed by atoms with E-state index in [0.29, 0.717) is 17.0 Å². The first-order valence-electron chi connectivity index (χ1n) is 13.2. The molecule has 202 valence electrons. The van der Waals surface area contributed by atoms with Crippen molar-refractivity contribution >= 4 is 39.5 Å². The van der Waals surface area contributed by atoms with Crippen LogP contribution in [0.15, 0.2) is 52.0 Å². The number of anilines is 1. The van der Waals surface area contributed by atoms with Crippen LogP contribution in [0.1, 0.15) is 43.3 Å². The monoisotopic (exact) mass is 548 g/mol. The lowest BCUT2D eigenvalue weighted by atomic mass is 9.97. The molecule has 0 saturated heterocycles. The van der Waals surface area contributed by atoms with Gasteiger partial charge in [0, 0.05) is 54.7 Å². The van der Waals surface area contributed by atoms with Crippen LogP contribution < -0.4 is 5.32 Å². The molecule has 0 amide bonds. The van der Waals surface area contributed by atoms with E-state index < -0.39 is 11.8 Å². The molecule has 6 rings (SSSR count). The van der Waals surface area contributed by atoms with E-state index >= 15 is 0 Å². The van der Waals surface area contributed by atoms with Crippen LogP contribution in [0, 0.1) is 12.8 Å². The molecule has 0 saturated carbocycles. The highest BCUT2D eigenvalue weighted by molar-refractivity contribution is 7.99. The zero-order valence-corrected chi connectivity index (χ0v) is 23.0. The number of aryl methyl sites for hydroxylation is 2. The molecule has 39 heavy (non-hydrogen) atoms. The highest BCUT2D eigenvalue weighted by atomic mass is 32.2. The molecule has 1 atom stereocenters. The summed E-state index contributed by atoms with van der Waals surface area (Å²) in [6.45, 7) is 3.64. The summed E-state index contributed by atoms with van der Waals surface area (Å²) in [7, 11) is 2.01. The van der Waals surface area contributed by atoms with Crippen LogP contribution in [0.3, 0.4) is 0 Å². The predicted octanol–water partition coefficient (Wildman–Crippen LogP) is 7.14. The average molecular weight is 549 g/mol. The zero-order valence-electron chi connectivity index (χ0n) is 22.2. The minimum absolute atomic E-state index is 0.394. The highest BCUT2D eigenvalue weighted by Crippen LogP contribution is 2.34. The maximum atomic E-state index is 13.6. The van der Waals surface area contributed by atoms with Gasteiger partial charge in [-0.1, -0.05) is 30.0 Å². The molecule has 1 aliphatic heterocycles. The van der Waals surface area contributed by atoms with Crippen molar-refractivity contribution in [2.75, 3.05) is 17.6 Å². The van der Waals surface area contributed by atoms with Crippen LogP contribution in [0.2, 0.25) is 0 Å². The number of alkyl halides is 2. The van der Waals surface area contributed by atoms with Gasteiger partial charge in [0.2, 0.25) is 0 Å². The maximum Gasteiger partial charge on any atom is 0.319 e. The summed E-state index contributed by atoms with van der Waals surface area (Å²) in [6.07, 6.45) is 4.07. The van der Waals surface area contributed by atoms with E-state index in [2.05, 4.69) is 42.2 Å². The molecule has 10 heteroatoms. The molecule has 0 spiro atoms. The Balaban J connectivity index is 1.05. The van der Waals surface area contributed by atoms with Gasteiger partial charge in [-0.25, -0.2) is 4.98 Å². The number of aromatic nitrogens is 5. The lowest BCUT2D eigenvalue weighted by molar-refractivity contribution is -0.00937. The smallest absolute Gasteiger partial charge is 0.319 e. The molecule has 5 aromatic rings. The summed E-state index contributed by atoms with van der Waals surface area (Å²) < 4.78 is 34.6. The third-order valence-corrected chi connectivity index (χ3v) is 8.43. The van der Waals surface area contributed by atoms with Crippen LogP contribution in [-0.4, -0.2) is 37.0 Å². The maximum absolute atomic E-state index is 13.6. The number of nitrogens with zero attached hydrogens (tertiary/aromatic N) is 5. The third kappa shape index (κ3) is 5.22. The molecule has 3 aromatic heterocycles. The van der Waals surface area contributed by atoms with Gasteiger partial charge in [0.1, 0.15) is 5.52 Å². The Hall–Kier alpha value is -3.53. The van der Waals surface area contributed by atoms with E-state index in [-0.39, 0.29) is 0 Å². The van der Waals surface area contributed by atoms with E-state index in [1.807, 2.05) is 44.3 Å². The van der Waals surface area contributed by atoms with Gasteiger partial charge >= 0.3 is 5.92 Å². The lowest BCUT2D eigenvalue weighted by Gasteiger charge is -2.14. The summed E-state index contributed by atoms with van der Waals surface area (Å²) in [5.74, 6) is -1.31. The van der Waals surface area contributed by atoms with Crippen LogP contribution in [0.25, 0.3) is 33.4 Å². The van der Waals surface area contributed by atoms with Crippen molar-refractivity contribution < 1.29 is 13.2 Å². The first-order valence-corrected chi connectivity index (χ1v) is 14.2. The largest absolute Gasteiger partial charge is 0.435 e. The van der Waals surface area contributed by atoms with Crippen LogP contribution in [0.4, 0.5) is 14.5 Å². The molecule has 0 bridgehead atoms. The number of hydrogen-bond donors (Lipinski definition) is 1. The van der Waals surface area contributed by atoms with Crippen molar-refractivity contribution in [2.24, 2.45) is 13.0 Å². The summed E-state index contributed by atoms with van der Waals surface area (Å²) >= 11 is 1.73. The Bertz CT molecular complexity index is 1610. The summed E-state index contributed by atoms with van der Waals surface area (Å²) in [6, 6.07) is 13.9. The summed E-state index contributed by atoms with van der Waals surface area (Å²) in [5, 5.41) is 14.5. The zero-order chi connectivity index (χ0) is 27.1. The molecule has 1 aliphatic rings. The van der Waals surface area contributed by atoms with Crippen molar-refractivity contribution in [3.05, 3.63) is 59.6 Å². The quantitative estimate of drug-likeness (QED) is 0.171. The lowest BCUT2D eigenvalue weighted by Crippen LogP contribution is -2.12. The molecule has 7 nitrogen and oxygen atoms in total. The number of thioether (sulfide) groups is 1. The summed E-state index contributed by atoms with van der Waals surface area (Å²) in [5.41, 5.74) is 5.92. The van der Waals surface area contributed by atoms with Crippen molar-refractivity contribution in [2.45, 2.75) is 50.6 Å². The molecule has 1 unspecified atom stereocenters. The van der Waals surface area contributed by atoms with Crippen LogP contribution in [0.5, 0.6) is 0 Å². The number of benzene rings is 2. The number of oxazole rings is 1. The van der Waals surface area contributed by atoms with Crippen molar-refractivity contribution in [1.29, 1.82) is 0 Å². The minimum Gasteiger partial charge on any atom is -0.435 e. The van der Waals surface area contributed by atoms with Crippen LogP contribution >= 0.6 is 11.8 Å². The predicted molar refractivity (Wildman–Crippen MR) is 150 cm³/mol. The second-order valence-corrected chi connectivity index (χ2v) is 11.4. The molecular weight excluding hydrogens is 518 g/mol. The second-order valence-electron chi connectivity index (χ2n) is 10.4. The van der Waals surface area contributed by atoms with Gasteiger partial charge in [0.05, 0.1) is 5.52 Å². The van der Waals surface area contributed by atoms with Gasteiger partial charge in [-0.2, -0.15) is 8.78 Å². The SMILES string of the molecule is Cc1ccc2c(-c3nnc(SCCCC4CCc5cc6nc(C(C)(F)F)oc6cc5NC4)n3C)cccc2n1. The fourth-order valence-electron chi connectivity index (χ4n) is 5.20. The Morgan fingerprint density at radius 2 is 2.00 bits per heavy atom. The first-order chi connectivity index (χ1) is 18.8. The normalized spacial score (nSPS) is 15.9. The highest BCUT2D eigenvalue weighted by Gasteiger charge is 2.31. The number of hydrogen-bond acceptors (Lipinski definition) is 7. The van der Waals surface area contributed by atoms with Crippen molar-refractivity contribution in [1.82, 2.24) is 24.7 Å². The van der Waals surface area contributed by atoms with Gasteiger partial charge in [-0.05, 0) is 62.3 Å². The first kappa shape index (κ1) is 25.7. The number of nitrogens with one attached hydrogen (secondary N) is 1. The average Bonchev–Trinajstić information content (AvgIpc) is 3.43. The number of fused-ring (bicyclic) bond motifs is 3. The van der Waals surface area contributed by atoms with Gasteiger partial charge in [0.15, 0.2) is 16.6 Å². The third-order valence-electron chi connectivity index (χ3n) is 7.33. The molecule has 2 aromatic carbocycles. The number of pyridine rings is 1. The van der Waals surface area contributed by atoms with Gasteiger partial charge in [0.25, 0.3) is 5.89 Å². The Morgan fingerprint density at radius 1 is 1.13 bits per heavy atom. The molecule has 0 aliphatic carbocycles. The van der Waals surface area contributed by atoms with E-state index in [1.165, 1.54) is 0 Å². The van der Waals surface area contributed by atoms with E-state index in [4.69, 9.17) is 4.42 Å². The van der Waals surface area contributed by atoms with Crippen molar-refractivity contribution in [3.63, 3.8) is 0 Å². The fraction of sp³-hybridized carbons (Fsp3) is 0.379. The Labute approximate surface area is 229 Å². The molecular formula is C29H30F2N6OS.